The molecule has 5 rings (SSSR count). The molecule has 2 unspecified atom stereocenters. The van der Waals surface area contributed by atoms with Gasteiger partial charge in [0.15, 0.2) is 0 Å². The van der Waals surface area contributed by atoms with Crippen LogP contribution in [0.1, 0.15) is 74.1 Å². The summed E-state index contributed by atoms with van der Waals surface area (Å²) in [6.45, 7) is 3.75. The number of alkyl halides is 2. The van der Waals surface area contributed by atoms with Crippen LogP contribution in [-0.4, -0.2) is 54.0 Å². The number of aromatic amines is 1. The minimum atomic E-state index is -2.87. The van der Waals surface area contributed by atoms with E-state index >= 15 is 4.39 Å². The third kappa shape index (κ3) is 6.47. The highest BCUT2D eigenvalue weighted by atomic mass is 35.5. The Morgan fingerprint density at radius 2 is 1.88 bits per heavy atom. The molecule has 3 heterocycles. The summed E-state index contributed by atoms with van der Waals surface area (Å²) in [5.74, 6) is -1.90. The molecule has 2 atom stereocenters. The van der Waals surface area contributed by atoms with Crippen LogP contribution in [-0.2, 0) is 4.79 Å². The zero-order valence-corrected chi connectivity index (χ0v) is 23.1. The van der Waals surface area contributed by atoms with Crippen LogP contribution in [0.15, 0.2) is 29.3 Å². The van der Waals surface area contributed by atoms with Gasteiger partial charge in [0, 0.05) is 24.2 Å². The number of aromatic nitrogens is 6. The van der Waals surface area contributed by atoms with E-state index < -0.39 is 48.3 Å². The van der Waals surface area contributed by atoms with E-state index in [1.165, 1.54) is 6.20 Å². The molecule has 2 amide bonds. The van der Waals surface area contributed by atoms with Gasteiger partial charge in [-0.25, -0.2) is 13.9 Å². The van der Waals surface area contributed by atoms with E-state index in [9.17, 15) is 23.2 Å². The lowest BCUT2D eigenvalue weighted by atomic mass is 9.88. The third-order valence-corrected chi connectivity index (χ3v) is 7.70. The molecule has 3 N–H and O–H groups in total. The molecule has 0 saturated heterocycles. The lowest BCUT2D eigenvalue weighted by Gasteiger charge is -2.27. The fourth-order valence-corrected chi connectivity index (χ4v) is 5.52. The van der Waals surface area contributed by atoms with Crippen LogP contribution >= 0.6 is 11.6 Å². The number of nitrogens with one attached hydrogen (secondary N) is 3. The molecule has 15 heteroatoms. The fraction of sp³-hybridized carbons (Fsp3) is 0.538. The minimum Gasteiger partial charge on any atom is -0.339 e. The number of anilines is 1. The maximum Gasteiger partial charge on any atom is 0.270 e. The predicted molar refractivity (Wildman–Crippen MR) is 142 cm³/mol. The Labute approximate surface area is 237 Å². The second-order valence-corrected chi connectivity index (χ2v) is 11.3. The van der Waals surface area contributed by atoms with E-state index in [4.69, 9.17) is 11.6 Å². The number of carbonyl (C=O) groups excluding carboxylic acids is 2. The van der Waals surface area contributed by atoms with Gasteiger partial charge in [-0.05, 0) is 69.4 Å². The van der Waals surface area contributed by atoms with Gasteiger partial charge < -0.3 is 10.6 Å². The first-order chi connectivity index (χ1) is 19.5. The highest BCUT2D eigenvalue weighted by Gasteiger charge is 2.48. The van der Waals surface area contributed by atoms with Gasteiger partial charge in [-0.1, -0.05) is 11.6 Å². The molecule has 0 aliphatic heterocycles. The van der Waals surface area contributed by atoms with Gasteiger partial charge in [0.25, 0.3) is 17.4 Å². The monoisotopic (exact) mass is 594 g/mol. The molecule has 2 aliphatic carbocycles. The van der Waals surface area contributed by atoms with Crippen LogP contribution in [0.4, 0.5) is 18.9 Å². The number of carbonyl (C=O) groups is 2. The van der Waals surface area contributed by atoms with E-state index in [-0.39, 0.29) is 40.2 Å². The van der Waals surface area contributed by atoms with Gasteiger partial charge in [-0.15, -0.1) is 5.10 Å². The van der Waals surface area contributed by atoms with Crippen LogP contribution in [0.3, 0.4) is 0 Å². The summed E-state index contributed by atoms with van der Waals surface area (Å²) in [7, 11) is 0. The molecule has 2 aliphatic rings. The zero-order chi connectivity index (χ0) is 29.4. The van der Waals surface area contributed by atoms with Gasteiger partial charge in [-0.3, -0.25) is 23.7 Å². The highest BCUT2D eigenvalue weighted by molar-refractivity contribution is 6.29. The average Bonchev–Trinajstić information content (AvgIpc) is 3.84. The molecular formula is C26H30ClF3N8O3. The summed E-state index contributed by atoms with van der Waals surface area (Å²) in [4.78, 5) is 39.3. The third-order valence-electron chi connectivity index (χ3n) is 7.50. The Morgan fingerprint density at radius 3 is 2.49 bits per heavy atom. The van der Waals surface area contributed by atoms with Crippen molar-refractivity contribution in [3.63, 3.8) is 0 Å². The molecule has 11 nitrogen and oxygen atoms in total. The van der Waals surface area contributed by atoms with Crippen LogP contribution in [0.5, 0.6) is 0 Å². The molecule has 3 aromatic rings. The smallest absolute Gasteiger partial charge is 0.270 e. The second-order valence-electron chi connectivity index (χ2n) is 10.9. The normalized spacial score (nSPS) is 16.8. The first-order valence-electron chi connectivity index (χ1n) is 13.5. The van der Waals surface area contributed by atoms with Crippen molar-refractivity contribution < 1.29 is 22.8 Å². The van der Waals surface area contributed by atoms with Crippen molar-refractivity contribution in [1.82, 2.24) is 35.1 Å². The highest BCUT2D eigenvalue weighted by Crippen LogP contribution is 2.51. The van der Waals surface area contributed by atoms with Crippen molar-refractivity contribution >= 4 is 29.1 Å². The molecule has 3 aromatic heterocycles. The number of halogens is 4. The average molecular weight is 595 g/mol. The molecule has 41 heavy (non-hydrogen) atoms. The predicted octanol–water partition coefficient (Wildman–Crippen LogP) is 3.95. The lowest BCUT2D eigenvalue weighted by Crippen LogP contribution is -2.50. The molecular weight excluding hydrogens is 565 g/mol. The van der Waals surface area contributed by atoms with Crippen LogP contribution in [0, 0.1) is 23.7 Å². The maximum absolute atomic E-state index is 15.0. The summed E-state index contributed by atoms with van der Waals surface area (Å²) in [6.07, 6.45) is 2.52. The van der Waals surface area contributed by atoms with Gasteiger partial charge in [0.1, 0.15) is 22.6 Å². The minimum absolute atomic E-state index is 0.0932. The van der Waals surface area contributed by atoms with Crippen molar-refractivity contribution in [1.29, 1.82) is 0 Å². The number of hydrogen-bond donors (Lipinski definition) is 3. The summed E-state index contributed by atoms with van der Waals surface area (Å²) in [6, 6.07) is 0.211. The Balaban J connectivity index is 1.42. The molecule has 0 bridgehead atoms. The fourth-order valence-electron chi connectivity index (χ4n) is 5.36. The van der Waals surface area contributed by atoms with Gasteiger partial charge >= 0.3 is 0 Å². The number of amides is 2. The number of H-pyrrole nitrogens is 1. The molecule has 2 saturated carbocycles. The number of rotatable bonds is 12. The number of nitrogens with zero attached hydrogens (tertiary/aromatic N) is 5. The Bertz CT molecular complexity index is 1470. The van der Waals surface area contributed by atoms with Gasteiger partial charge in [0.2, 0.25) is 12.3 Å². The van der Waals surface area contributed by atoms with Crippen LogP contribution < -0.4 is 16.2 Å². The largest absolute Gasteiger partial charge is 0.339 e. The van der Waals surface area contributed by atoms with Crippen LogP contribution in [0.2, 0.25) is 5.15 Å². The van der Waals surface area contributed by atoms with E-state index in [2.05, 4.69) is 31.0 Å². The summed E-state index contributed by atoms with van der Waals surface area (Å²) >= 11 is 5.85. The Morgan fingerprint density at radius 1 is 1.20 bits per heavy atom. The quantitative estimate of drug-likeness (QED) is 0.290. The zero-order valence-electron chi connectivity index (χ0n) is 22.4. The Hall–Kier alpha value is -3.68. The summed E-state index contributed by atoms with van der Waals surface area (Å²) in [5.41, 5.74) is -1.07. The molecule has 0 radical (unpaired) electrons. The van der Waals surface area contributed by atoms with Gasteiger partial charge in [-0.2, -0.15) is 14.6 Å². The standard InChI is InChI=1S/C26H30ClF3N8O3/c1-12(2)38-17(7-8-31-38)25(40)33-22(21(13-3-4-13)14-5-6-14)26(41)32-16-11-37(36-23(16)30)18(10-20(28)29)15-9-19(27)34-35-24(15)39/h7-9,11-14,18,20-22H,3-6,10H2,1-2H3,(H,32,41)(H,33,40)(H,35,39). The van der Waals surface area contributed by atoms with Crippen molar-refractivity contribution in [2.45, 2.75) is 70.5 Å². The molecule has 220 valence electrons. The maximum atomic E-state index is 15.0. The molecule has 2 fully saturated rings. The summed E-state index contributed by atoms with van der Waals surface area (Å²) in [5, 5.41) is 18.7. The number of hydrogen-bond acceptors (Lipinski definition) is 6. The molecule has 0 aromatic carbocycles. The van der Waals surface area contributed by atoms with E-state index in [0.29, 0.717) is 5.69 Å². The van der Waals surface area contributed by atoms with Crippen LogP contribution in [0.25, 0.3) is 0 Å². The van der Waals surface area contributed by atoms with Crippen molar-refractivity contribution in [3.8, 4) is 0 Å². The van der Waals surface area contributed by atoms with E-state index in [0.717, 1.165) is 42.6 Å². The van der Waals surface area contributed by atoms with Crippen molar-refractivity contribution in [2.75, 3.05) is 5.32 Å². The first-order valence-corrected chi connectivity index (χ1v) is 13.8. The van der Waals surface area contributed by atoms with Crippen molar-refractivity contribution in [2.24, 2.45) is 17.8 Å². The van der Waals surface area contributed by atoms with E-state index in [1.807, 2.05) is 13.8 Å². The molecule has 0 spiro atoms. The SMILES string of the molecule is CC(C)n1nccc1C(=O)NC(C(=O)Nc1cn(C(CC(F)F)c2cc(Cl)n[nH]c2=O)nc1F)C(C1CC1)C1CC1. The lowest BCUT2D eigenvalue weighted by molar-refractivity contribution is -0.119. The Kier molecular flexibility index (Phi) is 8.20. The van der Waals surface area contributed by atoms with E-state index in [1.54, 1.807) is 10.7 Å². The summed E-state index contributed by atoms with van der Waals surface area (Å²) < 4.78 is 44.4. The first kappa shape index (κ1) is 28.8. The van der Waals surface area contributed by atoms with Gasteiger partial charge in [0.05, 0.1) is 12.2 Å². The van der Waals surface area contributed by atoms with Crippen molar-refractivity contribution in [3.05, 3.63) is 57.2 Å². The topological polar surface area (TPSA) is 140 Å². The second kappa shape index (κ2) is 11.7.